The molecule has 0 radical (unpaired) electrons. The smallest absolute Gasteiger partial charge is 0.311 e. The number of esters is 1. The monoisotopic (exact) mass is 398 g/mol. The lowest BCUT2D eigenvalue weighted by atomic mass is 10.1. The Balaban J connectivity index is 1.54. The van der Waals surface area contributed by atoms with Crippen molar-refractivity contribution in [3.8, 4) is 11.5 Å². The van der Waals surface area contributed by atoms with Gasteiger partial charge in [-0.3, -0.25) is 14.4 Å². The molecular weight excluding hydrogens is 376 g/mol. The fourth-order valence-corrected chi connectivity index (χ4v) is 3.08. The summed E-state index contributed by atoms with van der Waals surface area (Å²) >= 11 is 0. The SMILES string of the molecule is COc1ccc(OC)c(NC(=O)COC(=O)[C@@H]2CC(=O)N(c3ccccc3)C2)c1. The van der Waals surface area contributed by atoms with Crippen LogP contribution >= 0.6 is 0 Å². The summed E-state index contributed by atoms with van der Waals surface area (Å²) in [6.45, 7) is -0.234. The molecule has 2 amide bonds. The predicted molar refractivity (Wildman–Crippen MR) is 106 cm³/mol. The number of para-hydroxylation sites is 1. The van der Waals surface area contributed by atoms with Gasteiger partial charge in [-0.1, -0.05) is 18.2 Å². The molecule has 29 heavy (non-hydrogen) atoms. The van der Waals surface area contributed by atoms with Gasteiger partial charge in [0.25, 0.3) is 5.91 Å². The van der Waals surface area contributed by atoms with Gasteiger partial charge in [-0.05, 0) is 24.3 Å². The summed E-state index contributed by atoms with van der Waals surface area (Å²) in [7, 11) is 2.99. The van der Waals surface area contributed by atoms with Gasteiger partial charge in [0.1, 0.15) is 11.5 Å². The zero-order valence-corrected chi connectivity index (χ0v) is 16.2. The molecule has 1 aliphatic rings. The van der Waals surface area contributed by atoms with Crippen LogP contribution in [-0.2, 0) is 19.1 Å². The van der Waals surface area contributed by atoms with Gasteiger partial charge in [-0.25, -0.2) is 0 Å². The molecule has 152 valence electrons. The lowest BCUT2D eigenvalue weighted by molar-refractivity contribution is -0.151. The molecule has 8 heteroatoms. The molecule has 8 nitrogen and oxygen atoms in total. The standard InChI is InChI=1S/C21H22N2O6/c1-27-16-8-9-18(28-2)17(11-16)22-19(24)13-29-21(26)14-10-20(25)23(12-14)15-6-4-3-5-7-15/h3-9,11,14H,10,12-13H2,1-2H3,(H,22,24)/t14-/m1/s1. The minimum atomic E-state index is -0.609. The Morgan fingerprint density at radius 2 is 1.86 bits per heavy atom. The van der Waals surface area contributed by atoms with Crippen molar-refractivity contribution < 1.29 is 28.6 Å². The third-order valence-corrected chi connectivity index (χ3v) is 4.55. The molecule has 3 rings (SSSR count). The third-order valence-electron chi connectivity index (χ3n) is 4.55. The Morgan fingerprint density at radius 1 is 1.10 bits per heavy atom. The van der Waals surface area contributed by atoms with Gasteiger partial charge >= 0.3 is 5.97 Å². The Hall–Kier alpha value is -3.55. The van der Waals surface area contributed by atoms with E-state index in [0.717, 1.165) is 5.69 Å². The van der Waals surface area contributed by atoms with E-state index in [0.29, 0.717) is 17.2 Å². The van der Waals surface area contributed by atoms with Crippen LogP contribution in [0.3, 0.4) is 0 Å². The molecule has 0 unspecified atom stereocenters. The van der Waals surface area contributed by atoms with Crippen molar-refractivity contribution in [1.29, 1.82) is 0 Å². The second kappa shape index (κ2) is 9.09. The Kier molecular flexibility index (Phi) is 6.33. The topological polar surface area (TPSA) is 94.2 Å². The molecule has 1 atom stereocenters. The predicted octanol–water partition coefficient (Wildman–Crippen LogP) is 2.24. The van der Waals surface area contributed by atoms with E-state index < -0.39 is 24.4 Å². The van der Waals surface area contributed by atoms with Crippen LogP contribution < -0.4 is 19.7 Å². The van der Waals surface area contributed by atoms with Crippen molar-refractivity contribution in [2.75, 3.05) is 37.6 Å². The summed E-state index contributed by atoms with van der Waals surface area (Å²) in [5, 5.41) is 2.63. The van der Waals surface area contributed by atoms with E-state index in [9.17, 15) is 14.4 Å². The number of methoxy groups -OCH3 is 2. The number of carbonyl (C=O) groups is 3. The molecule has 2 aromatic carbocycles. The molecule has 0 aromatic heterocycles. The average Bonchev–Trinajstić information content (AvgIpc) is 3.14. The highest BCUT2D eigenvalue weighted by Gasteiger charge is 2.36. The summed E-state index contributed by atoms with van der Waals surface area (Å²) < 4.78 is 15.4. The van der Waals surface area contributed by atoms with Crippen molar-refractivity contribution in [2.24, 2.45) is 5.92 Å². The second-order valence-corrected chi connectivity index (χ2v) is 6.46. The summed E-state index contributed by atoms with van der Waals surface area (Å²) in [6, 6.07) is 14.1. The third kappa shape index (κ3) is 4.84. The molecule has 1 aliphatic heterocycles. The number of amides is 2. The minimum absolute atomic E-state index is 0.0546. The van der Waals surface area contributed by atoms with E-state index in [2.05, 4.69) is 5.32 Å². The lowest BCUT2D eigenvalue weighted by Crippen LogP contribution is -2.28. The molecule has 2 aromatic rings. The van der Waals surface area contributed by atoms with Crippen molar-refractivity contribution in [3.05, 3.63) is 48.5 Å². The van der Waals surface area contributed by atoms with Crippen molar-refractivity contribution in [3.63, 3.8) is 0 Å². The molecule has 0 bridgehead atoms. The van der Waals surface area contributed by atoms with Gasteiger partial charge in [-0.2, -0.15) is 0 Å². The molecule has 0 saturated carbocycles. The largest absolute Gasteiger partial charge is 0.497 e. The van der Waals surface area contributed by atoms with Crippen LogP contribution in [0.2, 0.25) is 0 Å². The van der Waals surface area contributed by atoms with Crippen LogP contribution in [0.5, 0.6) is 11.5 Å². The average molecular weight is 398 g/mol. The van der Waals surface area contributed by atoms with Gasteiger partial charge in [-0.15, -0.1) is 0 Å². The normalized spacial score (nSPS) is 15.7. The highest BCUT2D eigenvalue weighted by molar-refractivity contribution is 6.00. The van der Waals surface area contributed by atoms with Crippen LogP contribution in [0.4, 0.5) is 11.4 Å². The molecule has 0 aliphatic carbocycles. The van der Waals surface area contributed by atoms with Gasteiger partial charge in [0.15, 0.2) is 6.61 Å². The summed E-state index contributed by atoms with van der Waals surface area (Å²) in [5.41, 5.74) is 1.13. The number of nitrogens with zero attached hydrogens (tertiary/aromatic N) is 1. The quantitative estimate of drug-likeness (QED) is 0.719. The van der Waals surface area contributed by atoms with Gasteiger partial charge in [0.2, 0.25) is 5.91 Å². The maximum absolute atomic E-state index is 12.3. The molecule has 0 spiro atoms. The van der Waals surface area contributed by atoms with Crippen LogP contribution in [0.25, 0.3) is 0 Å². The first-order valence-electron chi connectivity index (χ1n) is 9.05. The fourth-order valence-electron chi connectivity index (χ4n) is 3.08. The number of hydrogen-bond acceptors (Lipinski definition) is 6. The summed E-state index contributed by atoms with van der Waals surface area (Å²) in [4.78, 5) is 38.3. The first kappa shape index (κ1) is 20.2. The molecule has 1 saturated heterocycles. The zero-order valence-electron chi connectivity index (χ0n) is 16.2. The van der Waals surface area contributed by atoms with Crippen molar-refractivity contribution >= 4 is 29.2 Å². The number of nitrogens with one attached hydrogen (secondary N) is 1. The highest BCUT2D eigenvalue weighted by atomic mass is 16.5. The molecule has 1 heterocycles. The van der Waals surface area contributed by atoms with Gasteiger partial charge in [0, 0.05) is 24.7 Å². The Labute approximate surface area is 168 Å². The van der Waals surface area contributed by atoms with E-state index in [-0.39, 0.29) is 18.9 Å². The van der Waals surface area contributed by atoms with Crippen LogP contribution in [0.15, 0.2) is 48.5 Å². The van der Waals surface area contributed by atoms with Crippen molar-refractivity contribution in [2.45, 2.75) is 6.42 Å². The van der Waals surface area contributed by atoms with Gasteiger partial charge < -0.3 is 24.4 Å². The highest BCUT2D eigenvalue weighted by Crippen LogP contribution is 2.29. The van der Waals surface area contributed by atoms with E-state index in [1.165, 1.54) is 14.2 Å². The zero-order chi connectivity index (χ0) is 20.8. The van der Waals surface area contributed by atoms with Crippen molar-refractivity contribution in [1.82, 2.24) is 0 Å². The van der Waals surface area contributed by atoms with Crippen LogP contribution in [0.1, 0.15) is 6.42 Å². The number of hydrogen-bond donors (Lipinski definition) is 1. The molecule has 1 fully saturated rings. The Morgan fingerprint density at radius 3 is 2.55 bits per heavy atom. The minimum Gasteiger partial charge on any atom is -0.497 e. The number of carbonyl (C=O) groups excluding carboxylic acids is 3. The van der Waals surface area contributed by atoms with E-state index >= 15 is 0 Å². The Bertz CT molecular complexity index is 899. The maximum atomic E-state index is 12.3. The number of ether oxygens (including phenoxy) is 3. The van der Waals surface area contributed by atoms with E-state index in [4.69, 9.17) is 14.2 Å². The molecule has 1 N–H and O–H groups in total. The first-order valence-corrected chi connectivity index (χ1v) is 9.05. The summed E-state index contributed by atoms with van der Waals surface area (Å²) in [5.74, 6) is -0.863. The number of anilines is 2. The fraction of sp³-hybridized carbons (Fsp3) is 0.286. The number of benzene rings is 2. The van der Waals surface area contributed by atoms with Gasteiger partial charge in [0.05, 0.1) is 25.8 Å². The number of rotatable bonds is 7. The maximum Gasteiger partial charge on any atom is 0.311 e. The van der Waals surface area contributed by atoms with E-state index in [1.54, 1.807) is 35.2 Å². The summed E-state index contributed by atoms with van der Waals surface area (Å²) in [6.07, 6.45) is 0.0546. The molecular formula is C21H22N2O6. The second-order valence-electron chi connectivity index (χ2n) is 6.46. The lowest BCUT2D eigenvalue weighted by Gasteiger charge is -2.16. The van der Waals surface area contributed by atoms with E-state index in [1.807, 2.05) is 18.2 Å². The van der Waals surface area contributed by atoms with Crippen LogP contribution in [-0.4, -0.2) is 45.2 Å². The van der Waals surface area contributed by atoms with Crippen LogP contribution in [0, 0.1) is 5.92 Å². The first-order chi connectivity index (χ1) is 14.0.